The van der Waals surface area contributed by atoms with Gasteiger partial charge in [-0.3, -0.25) is 9.59 Å². The largest absolute Gasteiger partial charge is 0.495 e. The van der Waals surface area contributed by atoms with Crippen molar-refractivity contribution in [3.8, 4) is 5.75 Å². The Balaban J connectivity index is 1.85. The van der Waals surface area contributed by atoms with E-state index < -0.39 is 17.9 Å². The van der Waals surface area contributed by atoms with E-state index in [9.17, 15) is 14.4 Å². The first-order valence-corrected chi connectivity index (χ1v) is 7.61. The van der Waals surface area contributed by atoms with Crippen molar-refractivity contribution < 1.29 is 24.2 Å². The number of para-hydroxylation sites is 2. The molecular formula is C18H16N2O5. The molecule has 2 aromatic rings. The summed E-state index contributed by atoms with van der Waals surface area (Å²) in [6.07, 6.45) is -0.0197. The van der Waals surface area contributed by atoms with Crippen LogP contribution in [-0.4, -0.2) is 36.0 Å². The van der Waals surface area contributed by atoms with Crippen LogP contribution in [0.3, 0.4) is 0 Å². The summed E-state index contributed by atoms with van der Waals surface area (Å²) in [5.74, 6) is -1.38. The molecule has 1 fully saturated rings. The maximum Gasteiger partial charge on any atom is 0.335 e. The van der Waals surface area contributed by atoms with Gasteiger partial charge in [0.05, 0.1) is 30.5 Å². The average molecular weight is 340 g/mol. The molecule has 0 radical (unpaired) electrons. The number of anilines is 2. The molecule has 0 aromatic heterocycles. The number of imide groups is 1. The van der Waals surface area contributed by atoms with Gasteiger partial charge >= 0.3 is 5.97 Å². The summed E-state index contributed by atoms with van der Waals surface area (Å²) in [5, 5.41) is 12.1. The van der Waals surface area contributed by atoms with Crippen molar-refractivity contribution in [1.29, 1.82) is 0 Å². The molecule has 2 amide bonds. The summed E-state index contributed by atoms with van der Waals surface area (Å²) in [6, 6.07) is 12.1. The zero-order valence-corrected chi connectivity index (χ0v) is 13.4. The van der Waals surface area contributed by atoms with Gasteiger partial charge in [0, 0.05) is 0 Å². The number of hydrogen-bond donors (Lipinski definition) is 2. The van der Waals surface area contributed by atoms with Crippen LogP contribution in [-0.2, 0) is 9.59 Å². The number of benzene rings is 2. The van der Waals surface area contributed by atoms with Crippen LogP contribution in [0.1, 0.15) is 16.8 Å². The Hall–Kier alpha value is -3.35. The molecule has 1 heterocycles. The van der Waals surface area contributed by atoms with Crippen molar-refractivity contribution in [1.82, 2.24) is 0 Å². The van der Waals surface area contributed by atoms with Gasteiger partial charge in [-0.25, -0.2) is 9.69 Å². The maximum atomic E-state index is 12.7. The van der Waals surface area contributed by atoms with Gasteiger partial charge in [0.1, 0.15) is 11.8 Å². The number of carbonyl (C=O) groups is 3. The molecule has 0 unspecified atom stereocenters. The average Bonchev–Trinajstić information content (AvgIpc) is 2.89. The van der Waals surface area contributed by atoms with Crippen LogP contribution in [0.25, 0.3) is 0 Å². The predicted octanol–water partition coefficient (Wildman–Crippen LogP) is 2.14. The maximum absolute atomic E-state index is 12.7. The van der Waals surface area contributed by atoms with Gasteiger partial charge in [-0.15, -0.1) is 0 Å². The molecule has 1 atom stereocenters. The molecule has 2 N–H and O–H groups in total. The lowest BCUT2D eigenvalue weighted by Crippen LogP contribution is -2.35. The SMILES string of the molecule is COc1ccccc1N[C@@H]1CC(=O)N(c2cccc(C(=O)O)c2)C1=O. The van der Waals surface area contributed by atoms with Crippen LogP contribution in [0.2, 0.25) is 0 Å². The number of rotatable bonds is 5. The Morgan fingerprint density at radius 3 is 2.68 bits per heavy atom. The first kappa shape index (κ1) is 16.5. The Morgan fingerprint density at radius 1 is 1.20 bits per heavy atom. The van der Waals surface area contributed by atoms with E-state index in [1.165, 1.54) is 31.4 Å². The summed E-state index contributed by atoms with van der Waals surface area (Å²) < 4.78 is 5.23. The molecule has 3 rings (SSSR count). The van der Waals surface area contributed by atoms with E-state index in [0.29, 0.717) is 11.4 Å². The monoisotopic (exact) mass is 340 g/mol. The van der Waals surface area contributed by atoms with Gasteiger partial charge in [-0.05, 0) is 30.3 Å². The molecule has 25 heavy (non-hydrogen) atoms. The number of hydrogen-bond acceptors (Lipinski definition) is 5. The van der Waals surface area contributed by atoms with E-state index >= 15 is 0 Å². The Morgan fingerprint density at radius 2 is 1.96 bits per heavy atom. The van der Waals surface area contributed by atoms with Crippen molar-refractivity contribution in [3.63, 3.8) is 0 Å². The number of amides is 2. The van der Waals surface area contributed by atoms with Crippen molar-refractivity contribution in [2.75, 3.05) is 17.3 Å². The third-order valence-electron chi connectivity index (χ3n) is 3.93. The van der Waals surface area contributed by atoms with Crippen LogP contribution in [0.15, 0.2) is 48.5 Å². The number of nitrogens with zero attached hydrogens (tertiary/aromatic N) is 1. The number of carbonyl (C=O) groups excluding carboxylic acids is 2. The highest BCUT2D eigenvalue weighted by atomic mass is 16.5. The predicted molar refractivity (Wildman–Crippen MR) is 90.9 cm³/mol. The third kappa shape index (κ3) is 3.16. The quantitative estimate of drug-likeness (QED) is 0.810. The van der Waals surface area contributed by atoms with Gasteiger partial charge in [0.25, 0.3) is 5.91 Å². The highest BCUT2D eigenvalue weighted by Crippen LogP contribution is 2.29. The molecule has 2 aromatic carbocycles. The van der Waals surface area contributed by atoms with Crippen molar-refractivity contribution in [2.45, 2.75) is 12.5 Å². The second kappa shape index (κ2) is 6.64. The zero-order valence-electron chi connectivity index (χ0n) is 13.4. The van der Waals surface area contributed by atoms with Crippen molar-refractivity contribution >= 4 is 29.2 Å². The van der Waals surface area contributed by atoms with E-state index in [0.717, 1.165) is 4.90 Å². The number of carboxylic acid groups (broad SMARTS) is 1. The first-order valence-electron chi connectivity index (χ1n) is 7.61. The highest BCUT2D eigenvalue weighted by molar-refractivity contribution is 6.23. The standard InChI is InChI=1S/C18H16N2O5/c1-25-15-8-3-2-7-13(15)19-14-10-16(21)20(17(14)22)12-6-4-5-11(9-12)18(23)24/h2-9,14,19H,10H2,1H3,(H,23,24)/t14-/m1/s1. The number of nitrogens with one attached hydrogen (secondary N) is 1. The second-order valence-corrected chi connectivity index (χ2v) is 5.52. The van der Waals surface area contributed by atoms with Crippen LogP contribution in [0, 0.1) is 0 Å². The lowest BCUT2D eigenvalue weighted by Gasteiger charge is -2.17. The molecule has 0 saturated carbocycles. The number of methoxy groups -OCH3 is 1. The normalized spacial score (nSPS) is 16.8. The third-order valence-corrected chi connectivity index (χ3v) is 3.93. The van der Waals surface area contributed by atoms with Crippen LogP contribution in [0.4, 0.5) is 11.4 Å². The first-order chi connectivity index (χ1) is 12.0. The second-order valence-electron chi connectivity index (χ2n) is 5.52. The molecule has 7 nitrogen and oxygen atoms in total. The van der Waals surface area contributed by atoms with E-state index in [4.69, 9.17) is 9.84 Å². The minimum atomic E-state index is -1.12. The van der Waals surface area contributed by atoms with Crippen LogP contribution < -0.4 is 15.0 Å². The number of ether oxygens (including phenoxy) is 1. The summed E-state index contributed by atoms with van der Waals surface area (Å²) in [6.45, 7) is 0. The molecule has 7 heteroatoms. The van der Waals surface area contributed by atoms with Crippen LogP contribution in [0.5, 0.6) is 5.75 Å². The van der Waals surface area contributed by atoms with Crippen molar-refractivity contribution in [2.24, 2.45) is 0 Å². The number of aromatic carboxylic acids is 1. The fraction of sp³-hybridized carbons (Fsp3) is 0.167. The molecule has 1 aliphatic rings. The lowest BCUT2D eigenvalue weighted by atomic mass is 10.2. The van der Waals surface area contributed by atoms with Gasteiger partial charge in [0.2, 0.25) is 5.91 Å². The summed E-state index contributed by atoms with van der Waals surface area (Å²) in [4.78, 5) is 37.1. The highest BCUT2D eigenvalue weighted by Gasteiger charge is 2.40. The Kier molecular flexibility index (Phi) is 4.38. The molecule has 0 aliphatic carbocycles. The van der Waals surface area contributed by atoms with Gasteiger partial charge in [-0.2, -0.15) is 0 Å². The minimum Gasteiger partial charge on any atom is -0.495 e. The van der Waals surface area contributed by atoms with E-state index in [2.05, 4.69) is 5.32 Å². The fourth-order valence-corrected chi connectivity index (χ4v) is 2.75. The zero-order chi connectivity index (χ0) is 18.0. The van der Waals surface area contributed by atoms with Gasteiger partial charge in [0.15, 0.2) is 0 Å². The molecular weight excluding hydrogens is 324 g/mol. The molecule has 1 aliphatic heterocycles. The van der Waals surface area contributed by atoms with Gasteiger partial charge in [-0.1, -0.05) is 18.2 Å². The number of carboxylic acids is 1. The molecule has 0 spiro atoms. The van der Waals surface area contributed by atoms with E-state index in [1.54, 1.807) is 24.3 Å². The Bertz CT molecular complexity index is 849. The minimum absolute atomic E-state index is 0.0132. The smallest absolute Gasteiger partial charge is 0.335 e. The topological polar surface area (TPSA) is 95.9 Å². The fourth-order valence-electron chi connectivity index (χ4n) is 2.75. The summed E-state index contributed by atoms with van der Waals surface area (Å²) in [7, 11) is 1.52. The molecule has 1 saturated heterocycles. The molecule has 128 valence electrons. The lowest BCUT2D eigenvalue weighted by molar-refractivity contribution is -0.121. The molecule has 0 bridgehead atoms. The van der Waals surface area contributed by atoms with Crippen LogP contribution >= 0.6 is 0 Å². The van der Waals surface area contributed by atoms with Gasteiger partial charge < -0.3 is 15.2 Å². The van der Waals surface area contributed by atoms with E-state index in [-0.39, 0.29) is 23.6 Å². The van der Waals surface area contributed by atoms with Crippen molar-refractivity contribution in [3.05, 3.63) is 54.1 Å². The Labute approximate surface area is 143 Å². The summed E-state index contributed by atoms with van der Waals surface area (Å²) >= 11 is 0. The summed E-state index contributed by atoms with van der Waals surface area (Å²) in [5.41, 5.74) is 0.871. The van der Waals surface area contributed by atoms with E-state index in [1.807, 2.05) is 0 Å².